The van der Waals surface area contributed by atoms with Gasteiger partial charge in [-0.25, -0.2) is 0 Å². The Balaban J connectivity index is 1.95. The first kappa shape index (κ1) is 19.2. The van der Waals surface area contributed by atoms with Crippen LogP contribution in [0.2, 0.25) is 0 Å². The molecule has 1 saturated heterocycles. The number of benzene rings is 1. The van der Waals surface area contributed by atoms with Crippen molar-refractivity contribution in [2.24, 2.45) is 0 Å². The Labute approximate surface area is 149 Å². The SMILES string of the molecule is CCOc1ccc(CC(=O)N(CCC(=O)OC)C[C@@H]2CCCO2)cc1. The number of ether oxygens (including phenoxy) is 3. The largest absolute Gasteiger partial charge is 0.494 e. The first-order valence-corrected chi connectivity index (χ1v) is 8.80. The minimum absolute atomic E-state index is 0.0106. The molecule has 2 rings (SSSR count). The van der Waals surface area contributed by atoms with E-state index in [2.05, 4.69) is 4.74 Å². The molecule has 1 heterocycles. The van der Waals surface area contributed by atoms with Crippen molar-refractivity contribution in [2.45, 2.75) is 38.7 Å². The van der Waals surface area contributed by atoms with Crippen molar-refractivity contribution >= 4 is 11.9 Å². The van der Waals surface area contributed by atoms with Gasteiger partial charge in [0.2, 0.25) is 5.91 Å². The van der Waals surface area contributed by atoms with Crippen molar-refractivity contribution in [3.05, 3.63) is 29.8 Å². The summed E-state index contributed by atoms with van der Waals surface area (Å²) in [5.74, 6) is 0.468. The van der Waals surface area contributed by atoms with Gasteiger partial charge in [-0.15, -0.1) is 0 Å². The van der Waals surface area contributed by atoms with Crippen LogP contribution in [0, 0.1) is 0 Å². The zero-order valence-corrected chi connectivity index (χ0v) is 15.0. The Bertz CT molecular complexity index is 551. The Hall–Kier alpha value is -2.08. The molecule has 0 aliphatic carbocycles. The number of carbonyl (C=O) groups is 2. The van der Waals surface area contributed by atoms with Gasteiger partial charge in [-0.2, -0.15) is 0 Å². The number of amides is 1. The smallest absolute Gasteiger partial charge is 0.307 e. The lowest BCUT2D eigenvalue weighted by molar-refractivity contribution is -0.142. The summed E-state index contributed by atoms with van der Waals surface area (Å²) < 4.78 is 15.7. The fraction of sp³-hybridized carbons (Fsp3) is 0.579. The van der Waals surface area contributed by atoms with E-state index in [0.717, 1.165) is 30.8 Å². The van der Waals surface area contributed by atoms with Crippen LogP contribution in [0.3, 0.4) is 0 Å². The van der Waals surface area contributed by atoms with Gasteiger partial charge in [0.25, 0.3) is 0 Å². The van der Waals surface area contributed by atoms with Crippen LogP contribution in [0.5, 0.6) is 5.75 Å². The molecule has 0 radical (unpaired) electrons. The first-order valence-electron chi connectivity index (χ1n) is 8.80. The number of esters is 1. The zero-order valence-electron chi connectivity index (χ0n) is 15.0. The van der Waals surface area contributed by atoms with E-state index in [1.54, 1.807) is 4.90 Å². The fourth-order valence-electron chi connectivity index (χ4n) is 2.84. The number of nitrogens with zero attached hydrogens (tertiary/aromatic N) is 1. The summed E-state index contributed by atoms with van der Waals surface area (Å²) in [6, 6.07) is 7.52. The van der Waals surface area contributed by atoms with Crippen LogP contribution >= 0.6 is 0 Å². The van der Waals surface area contributed by atoms with E-state index in [-0.39, 0.29) is 24.4 Å². The summed E-state index contributed by atoms with van der Waals surface area (Å²) in [7, 11) is 1.36. The summed E-state index contributed by atoms with van der Waals surface area (Å²) in [5, 5.41) is 0. The predicted octanol–water partition coefficient (Wildman–Crippen LogP) is 2.20. The highest BCUT2D eigenvalue weighted by Crippen LogP contribution is 2.16. The normalized spacial score (nSPS) is 16.5. The van der Waals surface area contributed by atoms with Gasteiger partial charge >= 0.3 is 5.97 Å². The molecule has 1 aromatic rings. The van der Waals surface area contributed by atoms with E-state index >= 15 is 0 Å². The van der Waals surface area contributed by atoms with Gasteiger partial charge in [0.1, 0.15) is 5.75 Å². The molecule has 138 valence electrons. The Morgan fingerprint density at radius 2 is 2.04 bits per heavy atom. The maximum atomic E-state index is 12.7. The van der Waals surface area contributed by atoms with Crippen molar-refractivity contribution in [3.8, 4) is 5.75 Å². The van der Waals surface area contributed by atoms with Gasteiger partial charge in [0, 0.05) is 19.7 Å². The third kappa shape index (κ3) is 6.38. The highest BCUT2D eigenvalue weighted by molar-refractivity contribution is 5.79. The average molecular weight is 349 g/mol. The number of carbonyl (C=O) groups excluding carboxylic acids is 2. The van der Waals surface area contributed by atoms with E-state index in [9.17, 15) is 9.59 Å². The van der Waals surface area contributed by atoms with Crippen LogP contribution in [0.25, 0.3) is 0 Å². The lowest BCUT2D eigenvalue weighted by Crippen LogP contribution is -2.39. The van der Waals surface area contributed by atoms with E-state index in [0.29, 0.717) is 26.1 Å². The quantitative estimate of drug-likeness (QED) is 0.640. The van der Waals surface area contributed by atoms with Gasteiger partial charge in [-0.05, 0) is 37.5 Å². The van der Waals surface area contributed by atoms with Gasteiger partial charge in [0.05, 0.1) is 32.7 Å². The molecule has 0 N–H and O–H groups in total. The van der Waals surface area contributed by atoms with Crippen molar-refractivity contribution in [3.63, 3.8) is 0 Å². The second-order valence-corrected chi connectivity index (χ2v) is 6.05. The third-order valence-electron chi connectivity index (χ3n) is 4.20. The summed E-state index contributed by atoms with van der Waals surface area (Å²) in [6.45, 7) is 4.15. The van der Waals surface area contributed by atoms with Gasteiger partial charge < -0.3 is 19.1 Å². The molecule has 0 spiro atoms. The fourth-order valence-corrected chi connectivity index (χ4v) is 2.84. The number of hydrogen-bond donors (Lipinski definition) is 0. The molecule has 1 atom stereocenters. The van der Waals surface area contributed by atoms with Crippen LogP contribution in [0.4, 0.5) is 0 Å². The Kier molecular flexibility index (Phi) is 7.73. The minimum Gasteiger partial charge on any atom is -0.494 e. The van der Waals surface area contributed by atoms with E-state index in [1.807, 2.05) is 31.2 Å². The second kappa shape index (κ2) is 10.0. The molecule has 0 aromatic heterocycles. The molecule has 1 fully saturated rings. The third-order valence-corrected chi connectivity index (χ3v) is 4.20. The standard InChI is InChI=1S/C19H27NO5/c1-3-24-16-8-6-15(7-9-16)13-18(21)20(11-10-19(22)23-2)14-17-5-4-12-25-17/h6-9,17H,3-5,10-14H2,1-2H3/t17-/m0/s1. The number of hydrogen-bond acceptors (Lipinski definition) is 5. The number of rotatable bonds is 9. The molecule has 6 heteroatoms. The lowest BCUT2D eigenvalue weighted by Gasteiger charge is -2.25. The van der Waals surface area contributed by atoms with E-state index in [1.165, 1.54) is 7.11 Å². The Morgan fingerprint density at radius 1 is 1.28 bits per heavy atom. The topological polar surface area (TPSA) is 65.1 Å². The van der Waals surface area contributed by atoms with Crippen LogP contribution in [0.1, 0.15) is 31.7 Å². The van der Waals surface area contributed by atoms with Crippen molar-refractivity contribution in [1.29, 1.82) is 0 Å². The summed E-state index contributed by atoms with van der Waals surface area (Å²) >= 11 is 0. The maximum absolute atomic E-state index is 12.7. The molecule has 1 aliphatic rings. The minimum atomic E-state index is -0.314. The monoisotopic (exact) mass is 349 g/mol. The van der Waals surface area contributed by atoms with Crippen LogP contribution < -0.4 is 4.74 Å². The molecule has 6 nitrogen and oxygen atoms in total. The molecule has 0 saturated carbocycles. The average Bonchev–Trinajstić information content (AvgIpc) is 3.13. The molecular weight excluding hydrogens is 322 g/mol. The predicted molar refractivity (Wildman–Crippen MR) is 93.5 cm³/mol. The zero-order chi connectivity index (χ0) is 18.1. The highest BCUT2D eigenvalue weighted by Gasteiger charge is 2.23. The van der Waals surface area contributed by atoms with Crippen molar-refractivity contribution < 1.29 is 23.8 Å². The van der Waals surface area contributed by atoms with E-state index < -0.39 is 0 Å². The van der Waals surface area contributed by atoms with E-state index in [4.69, 9.17) is 9.47 Å². The first-order chi connectivity index (χ1) is 12.1. The summed E-state index contributed by atoms with van der Waals surface area (Å²) in [4.78, 5) is 25.8. The number of methoxy groups -OCH3 is 1. The molecular formula is C19H27NO5. The molecule has 0 unspecified atom stereocenters. The van der Waals surface area contributed by atoms with Gasteiger partial charge in [-0.1, -0.05) is 12.1 Å². The van der Waals surface area contributed by atoms with Crippen LogP contribution in [-0.4, -0.2) is 56.3 Å². The maximum Gasteiger partial charge on any atom is 0.307 e. The van der Waals surface area contributed by atoms with Crippen molar-refractivity contribution in [2.75, 3.05) is 33.4 Å². The van der Waals surface area contributed by atoms with Crippen molar-refractivity contribution in [1.82, 2.24) is 4.90 Å². The Morgan fingerprint density at radius 3 is 2.64 bits per heavy atom. The second-order valence-electron chi connectivity index (χ2n) is 6.05. The highest BCUT2D eigenvalue weighted by atomic mass is 16.5. The summed E-state index contributed by atoms with van der Waals surface area (Å²) in [6.07, 6.45) is 2.51. The van der Waals surface area contributed by atoms with Gasteiger partial charge in [-0.3, -0.25) is 9.59 Å². The van der Waals surface area contributed by atoms with Gasteiger partial charge in [0.15, 0.2) is 0 Å². The lowest BCUT2D eigenvalue weighted by atomic mass is 10.1. The van der Waals surface area contributed by atoms with Crippen LogP contribution in [0.15, 0.2) is 24.3 Å². The molecule has 1 aliphatic heterocycles. The molecule has 1 aromatic carbocycles. The molecule has 1 amide bonds. The molecule has 25 heavy (non-hydrogen) atoms. The summed E-state index contributed by atoms with van der Waals surface area (Å²) in [5.41, 5.74) is 0.920. The molecule has 0 bridgehead atoms. The van der Waals surface area contributed by atoms with Crippen LogP contribution in [-0.2, 0) is 25.5 Å².